The van der Waals surface area contributed by atoms with Gasteiger partial charge in [0.15, 0.2) is 0 Å². The molecule has 1 aromatic heterocycles. The summed E-state index contributed by atoms with van der Waals surface area (Å²) in [4.78, 5) is 27.1. The molecule has 28 heavy (non-hydrogen) atoms. The van der Waals surface area contributed by atoms with Gasteiger partial charge in [0.25, 0.3) is 5.56 Å². The van der Waals surface area contributed by atoms with Crippen molar-refractivity contribution in [1.82, 2.24) is 20.0 Å². The summed E-state index contributed by atoms with van der Waals surface area (Å²) in [6.07, 6.45) is 5.91. The monoisotopic (exact) mass is 380 g/mol. The number of fused-ring (bicyclic) bond motifs is 1. The molecule has 0 bridgehead atoms. The summed E-state index contributed by atoms with van der Waals surface area (Å²) in [5, 5.41) is 7.53. The van der Waals surface area contributed by atoms with Crippen molar-refractivity contribution in [3.05, 3.63) is 63.6 Å². The Balaban J connectivity index is 1.28. The molecule has 6 heteroatoms. The quantitative estimate of drug-likeness (QED) is 0.860. The smallest absolute Gasteiger partial charge is 0.267 e. The molecule has 2 heterocycles. The molecule has 148 valence electrons. The molecule has 0 unspecified atom stereocenters. The number of piperidine rings is 1. The van der Waals surface area contributed by atoms with E-state index in [1.807, 2.05) is 6.07 Å². The molecule has 1 aromatic carbocycles. The number of nitrogens with one attached hydrogen (secondary N) is 1. The second kappa shape index (κ2) is 8.69. The maximum absolute atomic E-state index is 12.4. The van der Waals surface area contributed by atoms with Crippen LogP contribution in [-0.2, 0) is 30.7 Å². The first-order valence-corrected chi connectivity index (χ1v) is 10.3. The third-order valence-corrected chi connectivity index (χ3v) is 5.77. The van der Waals surface area contributed by atoms with Crippen LogP contribution in [0.15, 0.2) is 41.2 Å². The maximum Gasteiger partial charge on any atom is 0.267 e. The molecule has 1 amide bonds. The van der Waals surface area contributed by atoms with Crippen molar-refractivity contribution < 1.29 is 4.79 Å². The first-order chi connectivity index (χ1) is 13.7. The molecule has 1 aliphatic heterocycles. The van der Waals surface area contributed by atoms with Crippen LogP contribution in [0.1, 0.15) is 42.5 Å². The SMILES string of the molecule is O=C(Cn1nc2c(cc1=O)CCCC2)NC1CCN(Cc2ccccc2)CC1. The normalized spacial score (nSPS) is 17.9. The van der Waals surface area contributed by atoms with Crippen LogP contribution in [-0.4, -0.2) is 39.7 Å². The topological polar surface area (TPSA) is 67.2 Å². The largest absolute Gasteiger partial charge is 0.352 e. The summed E-state index contributed by atoms with van der Waals surface area (Å²) in [5.74, 6) is -0.119. The molecule has 1 fully saturated rings. The highest BCUT2D eigenvalue weighted by Gasteiger charge is 2.21. The minimum absolute atomic E-state index is 0.0103. The fraction of sp³-hybridized carbons (Fsp3) is 0.500. The van der Waals surface area contributed by atoms with Crippen LogP contribution in [0.2, 0.25) is 0 Å². The van der Waals surface area contributed by atoms with Gasteiger partial charge in [-0.05, 0) is 49.7 Å². The average Bonchev–Trinajstić information content (AvgIpc) is 2.71. The predicted octanol–water partition coefficient (Wildman–Crippen LogP) is 1.90. The van der Waals surface area contributed by atoms with Gasteiger partial charge in [-0.3, -0.25) is 14.5 Å². The lowest BCUT2D eigenvalue weighted by Crippen LogP contribution is -2.46. The van der Waals surface area contributed by atoms with Crippen LogP contribution >= 0.6 is 0 Å². The van der Waals surface area contributed by atoms with E-state index in [1.54, 1.807) is 6.07 Å². The van der Waals surface area contributed by atoms with E-state index >= 15 is 0 Å². The van der Waals surface area contributed by atoms with Crippen molar-refractivity contribution in [2.24, 2.45) is 0 Å². The molecule has 2 aromatic rings. The van der Waals surface area contributed by atoms with Gasteiger partial charge in [0.05, 0.1) is 5.69 Å². The molecular formula is C22H28N4O2. The van der Waals surface area contributed by atoms with E-state index < -0.39 is 0 Å². The number of benzene rings is 1. The Labute approximate surface area is 165 Å². The number of carbonyl (C=O) groups excluding carboxylic acids is 1. The van der Waals surface area contributed by atoms with E-state index in [0.717, 1.165) is 69.4 Å². The fourth-order valence-corrected chi connectivity index (χ4v) is 4.20. The number of aryl methyl sites for hydroxylation is 2. The Kier molecular flexibility index (Phi) is 5.86. The highest BCUT2D eigenvalue weighted by atomic mass is 16.2. The summed E-state index contributed by atoms with van der Waals surface area (Å²) in [6, 6.07) is 12.3. The fourth-order valence-electron chi connectivity index (χ4n) is 4.20. The lowest BCUT2D eigenvalue weighted by molar-refractivity contribution is -0.123. The molecule has 0 saturated carbocycles. The first-order valence-electron chi connectivity index (χ1n) is 10.3. The van der Waals surface area contributed by atoms with E-state index in [9.17, 15) is 9.59 Å². The van der Waals surface area contributed by atoms with Crippen molar-refractivity contribution in [3.63, 3.8) is 0 Å². The third kappa shape index (κ3) is 4.68. The van der Waals surface area contributed by atoms with Gasteiger partial charge >= 0.3 is 0 Å². The zero-order chi connectivity index (χ0) is 19.3. The molecule has 2 aliphatic rings. The van der Waals surface area contributed by atoms with E-state index in [2.05, 4.69) is 39.6 Å². The van der Waals surface area contributed by atoms with E-state index in [-0.39, 0.29) is 24.1 Å². The molecule has 1 saturated heterocycles. The molecule has 6 nitrogen and oxygen atoms in total. The minimum Gasteiger partial charge on any atom is -0.352 e. The maximum atomic E-state index is 12.4. The number of nitrogens with zero attached hydrogens (tertiary/aromatic N) is 3. The Morgan fingerprint density at radius 1 is 1.11 bits per heavy atom. The van der Waals surface area contributed by atoms with Crippen LogP contribution in [0.5, 0.6) is 0 Å². The summed E-state index contributed by atoms with van der Waals surface area (Å²) >= 11 is 0. The molecule has 4 rings (SSSR count). The van der Waals surface area contributed by atoms with Gasteiger partial charge in [-0.1, -0.05) is 30.3 Å². The van der Waals surface area contributed by atoms with Crippen LogP contribution in [0, 0.1) is 0 Å². The number of likely N-dealkylation sites (tertiary alicyclic amines) is 1. The van der Waals surface area contributed by atoms with E-state index in [1.165, 1.54) is 10.2 Å². The lowest BCUT2D eigenvalue weighted by Gasteiger charge is -2.32. The van der Waals surface area contributed by atoms with Crippen molar-refractivity contribution in [3.8, 4) is 0 Å². The van der Waals surface area contributed by atoms with Crippen molar-refractivity contribution in [1.29, 1.82) is 0 Å². The van der Waals surface area contributed by atoms with Crippen LogP contribution in [0.25, 0.3) is 0 Å². The van der Waals surface area contributed by atoms with Gasteiger partial charge in [0.1, 0.15) is 6.54 Å². The van der Waals surface area contributed by atoms with Gasteiger partial charge < -0.3 is 5.32 Å². The second-order valence-electron chi connectivity index (χ2n) is 7.92. The summed E-state index contributed by atoms with van der Waals surface area (Å²) in [5.41, 5.74) is 3.18. The summed E-state index contributed by atoms with van der Waals surface area (Å²) in [6.45, 7) is 2.90. The Morgan fingerprint density at radius 3 is 2.64 bits per heavy atom. The molecule has 0 spiro atoms. The second-order valence-corrected chi connectivity index (χ2v) is 7.92. The van der Waals surface area contributed by atoms with Gasteiger partial charge in [0, 0.05) is 31.7 Å². The van der Waals surface area contributed by atoms with E-state index in [4.69, 9.17) is 0 Å². The highest BCUT2D eigenvalue weighted by Crippen LogP contribution is 2.17. The number of rotatable bonds is 5. The molecular weight excluding hydrogens is 352 g/mol. The van der Waals surface area contributed by atoms with E-state index in [0.29, 0.717) is 0 Å². The average molecular weight is 380 g/mol. The molecule has 1 aliphatic carbocycles. The minimum atomic E-state index is -0.173. The summed E-state index contributed by atoms with van der Waals surface area (Å²) < 4.78 is 1.32. The molecule has 1 N–H and O–H groups in total. The van der Waals surface area contributed by atoms with Crippen molar-refractivity contribution in [2.75, 3.05) is 13.1 Å². The van der Waals surface area contributed by atoms with Crippen molar-refractivity contribution >= 4 is 5.91 Å². The van der Waals surface area contributed by atoms with Crippen LogP contribution in [0.3, 0.4) is 0 Å². The zero-order valence-electron chi connectivity index (χ0n) is 16.3. The third-order valence-electron chi connectivity index (χ3n) is 5.77. The zero-order valence-corrected chi connectivity index (χ0v) is 16.3. The highest BCUT2D eigenvalue weighted by molar-refractivity contribution is 5.75. The number of amides is 1. The predicted molar refractivity (Wildman–Crippen MR) is 108 cm³/mol. The Morgan fingerprint density at radius 2 is 1.86 bits per heavy atom. The standard InChI is InChI=1S/C22H28N4O2/c27-21(16-26-22(28)14-18-8-4-5-9-20(18)24-26)23-19-10-12-25(13-11-19)15-17-6-2-1-3-7-17/h1-3,6-7,14,19H,4-5,8-13,15-16H2,(H,23,27). The van der Waals surface area contributed by atoms with Gasteiger partial charge in [-0.25, -0.2) is 4.68 Å². The number of carbonyl (C=O) groups is 1. The number of hydrogen-bond donors (Lipinski definition) is 1. The van der Waals surface area contributed by atoms with Gasteiger partial charge in [0.2, 0.25) is 5.91 Å². The van der Waals surface area contributed by atoms with Crippen LogP contribution in [0.4, 0.5) is 0 Å². The van der Waals surface area contributed by atoms with Crippen LogP contribution < -0.4 is 10.9 Å². The van der Waals surface area contributed by atoms with Gasteiger partial charge in [-0.15, -0.1) is 0 Å². The first kappa shape index (κ1) is 18.9. The molecule has 0 radical (unpaired) electrons. The lowest BCUT2D eigenvalue weighted by atomic mass is 9.97. The Hall–Kier alpha value is -2.47. The molecule has 0 atom stereocenters. The Bertz CT molecular complexity index is 870. The number of aromatic nitrogens is 2. The van der Waals surface area contributed by atoms with Gasteiger partial charge in [-0.2, -0.15) is 5.10 Å². The number of hydrogen-bond acceptors (Lipinski definition) is 4. The summed E-state index contributed by atoms with van der Waals surface area (Å²) in [7, 11) is 0. The van der Waals surface area contributed by atoms with Crippen molar-refractivity contribution in [2.45, 2.75) is 57.7 Å².